The number of hydrogen-bond acceptors (Lipinski definition) is 4. The molecule has 2 rings (SSSR count). The van der Waals surface area contributed by atoms with E-state index in [1.165, 1.54) is 6.07 Å². The van der Waals surface area contributed by atoms with Crippen LogP contribution < -0.4 is 10.6 Å². The molecular formula is C12H12BrFN4. The second-order valence-corrected chi connectivity index (χ2v) is 4.45. The molecule has 4 nitrogen and oxygen atoms in total. The van der Waals surface area contributed by atoms with Gasteiger partial charge in [-0.05, 0) is 35.0 Å². The van der Waals surface area contributed by atoms with Gasteiger partial charge >= 0.3 is 0 Å². The van der Waals surface area contributed by atoms with Crippen molar-refractivity contribution < 1.29 is 4.39 Å². The molecule has 0 atom stereocenters. The van der Waals surface area contributed by atoms with Crippen molar-refractivity contribution in [2.24, 2.45) is 0 Å². The number of nitrogens with zero attached hydrogens (tertiary/aromatic N) is 3. The molecule has 1 aromatic carbocycles. The van der Waals surface area contributed by atoms with E-state index in [1.807, 2.05) is 6.92 Å². The van der Waals surface area contributed by atoms with E-state index in [2.05, 4.69) is 25.9 Å². The molecule has 0 aliphatic rings. The maximum atomic E-state index is 13.8. The highest BCUT2D eigenvalue weighted by molar-refractivity contribution is 9.10. The van der Waals surface area contributed by atoms with E-state index in [-0.39, 0.29) is 11.8 Å². The second kappa shape index (κ2) is 5.30. The minimum Gasteiger partial charge on any atom is -0.368 e. The smallest absolute Gasteiger partial charge is 0.222 e. The molecule has 6 heteroatoms. The number of benzene rings is 1. The third kappa shape index (κ3) is 2.43. The Balaban J connectivity index is 2.52. The van der Waals surface area contributed by atoms with Gasteiger partial charge in [-0.15, -0.1) is 0 Å². The van der Waals surface area contributed by atoms with Crippen molar-refractivity contribution in [2.45, 2.75) is 6.92 Å². The maximum absolute atomic E-state index is 13.8. The topological polar surface area (TPSA) is 55.0 Å². The first-order valence-electron chi connectivity index (χ1n) is 5.43. The van der Waals surface area contributed by atoms with Crippen LogP contribution in [0.1, 0.15) is 6.92 Å². The number of para-hydroxylation sites is 1. The predicted molar refractivity (Wildman–Crippen MR) is 73.2 cm³/mol. The van der Waals surface area contributed by atoms with E-state index < -0.39 is 0 Å². The first-order chi connectivity index (χ1) is 8.63. The highest BCUT2D eigenvalue weighted by Crippen LogP contribution is 2.31. The third-order valence-corrected chi connectivity index (χ3v) is 3.02. The van der Waals surface area contributed by atoms with Crippen molar-refractivity contribution in [3.8, 4) is 0 Å². The van der Waals surface area contributed by atoms with Crippen LogP contribution in [0.4, 0.5) is 21.8 Å². The summed E-state index contributed by atoms with van der Waals surface area (Å²) in [5.41, 5.74) is 6.03. The van der Waals surface area contributed by atoms with Crippen LogP contribution >= 0.6 is 15.9 Å². The van der Waals surface area contributed by atoms with Crippen molar-refractivity contribution in [3.05, 3.63) is 40.8 Å². The third-order valence-electron chi connectivity index (χ3n) is 2.46. The van der Waals surface area contributed by atoms with Gasteiger partial charge in [-0.25, -0.2) is 9.37 Å². The van der Waals surface area contributed by atoms with Crippen LogP contribution in [-0.2, 0) is 0 Å². The summed E-state index contributed by atoms with van der Waals surface area (Å²) in [4.78, 5) is 9.75. The Hall–Kier alpha value is -1.69. The Bertz CT molecular complexity index is 562. The van der Waals surface area contributed by atoms with Gasteiger partial charge in [-0.3, -0.25) is 0 Å². The fourth-order valence-corrected chi connectivity index (χ4v) is 2.07. The SMILES string of the molecule is CCN(c1ccccc1F)c1nc(N)ncc1Br. The van der Waals surface area contributed by atoms with Gasteiger partial charge in [-0.2, -0.15) is 4.98 Å². The van der Waals surface area contributed by atoms with Gasteiger partial charge in [0.15, 0.2) is 5.82 Å². The van der Waals surface area contributed by atoms with Crippen molar-refractivity contribution in [1.82, 2.24) is 9.97 Å². The van der Waals surface area contributed by atoms with Gasteiger partial charge in [0.1, 0.15) is 5.82 Å². The zero-order valence-corrected chi connectivity index (χ0v) is 11.4. The Morgan fingerprint density at radius 2 is 2.11 bits per heavy atom. The van der Waals surface area contributed by atoms with Gasteiger partial charge in [0.25, 0.3) is 0 Å². The molecule has 18 heavy (non-hydrogen) atoms. The molecular weight excluding hydrogens is 299 g/mol. The minimum absolute atomic E-state index is 0.156. The van der Waals surface area contributed by atoms with Crippen molar-refractivity contribution >= 4 is 33.4 Å². The molecule has 0 bridgehead atoms. The Morgan fingerprint density at radius 3 is 2.78 bits per heavy atom. The molecule has 0 radical (unpaired) electrons. The highest BCUT2D eigenvalue weighted by Gasteiger charge is 2.16. The Kier molecular flexibility index (Phi) is 3.76. The number of nitrogen functional groups attached to an aromatic ring is 1. The number of aromatic nitrogens is 2. The quantitative estimate of drug-likeness (QED) is 0.946. The zero-order valence-electron chi connectivity index (χ0n) is 9.77. The lowest BCUT2D eigenvalue weighted by Crippen LogP contribution is -2.20. The van der Waals surface area contributed by atoms with Crippen LogP contribution in [0, 0.1) is 5.82 Å². The van der Waals surface area contributed by atoms with E-state index in [1.54, 1.807) is 29.3 Å². The van der Waals surface area contributed by atoms with E-state index in [0.29, 0.717) is 22.5 Å². The van der Waals surface area contributed by atoms with Gasteiger partial charge in [0.2, 0.25) is 5.95 Å². The van der Waals surface area contributed by atoms with Gasteiger partial charge < -0.3 is 10.6 Å². The lowest BCUT2D eigenvalue weighted by molar-refractivity contribution is 0.625. The van der Waals surface area contributed by atoms with Crippen LogP contribution in [0.25, 0.3) is 0 Å². The van der Waals surface area contributed by atoms with Crippen LogP contribution in [0.15, 0.2) is 34.9 Å². The van der Waals surface area contributed by atoms with Crippen LogP contribution in [0.2, 0.25) is 0 Å². The molecule has 0 saturated heterocycles. The van der Waals surface area contributed by atoms with Gasteiger partial charge in [0.05, 0.1) is 10.2 Å². The summed E-state index contributed by atoms with van der Waals surface area (Å²) >= 11 is 3.35. The fourth-order valence-electron chi connectivity index (χ4n) is 1.67. The van der Waals surface area contributed by atoms with Crippen molar-refractivity contribution in [2.75, 3.05) is 17.2 Å². The van der Waals surface area contributed by atoms with Crippen molar-refractivity contribution in [3.63, 3.8) is 0 Å². The number of hydrogen-bond donors (Lipinski definition) is 1. The van der Waals surface area contributed by atoms with Crippen molar-refractivity contribution in [1.29, 1.82) is 0 Å². The lowest BCUT2D eigenvalue weighted by atomic mass is 10.2. The first kappa shape index (κ1) is 12.8. The number of halogens is 2. The normalized spacial score (nSPS) is 10.4. The molecule has 1 heterocycles. The van der Waals surface area contributed by atoms with E-state index in [0.717, 1.165) is 0 Å². The molecule has 0 amide bonds. The monoisotopic (exact) mass is 310 g/mol. The highest BCUT2D eigenvalue weighted by atomic mass is 79.9. The summed E-state index contributed by atoms with van der Waals surface area (Å²) in [7, 11) is 0. The average Bonchev–Trinajstić information content (AvgIpc) is 2.36. The summed E-state index contributed by atoms with van der Waals surface area (Å²) in [6, 6.07) is 6.54. The number of anilines is 3. The molecule has 2 aromatic rings. The molecule has 94 valence electrons. The Morgan fingerprint density at radius 1 is 1.39 bits per heavy atom. The molecule has 0 fully saturated rings. The standard InChI is InChI=1S/C12H12BrFN4/c1-2-18(10-6-4-3-5-9(10)14)11-8(13)7-16-12(15)17-11/h3-7H,2H2,1H3,(H2,15,16,17). The largest absolute Gasteiger partial charge is 0.368 e. The number of rotatable bonds is 3. The summed E-state index contributed by atoms with van der Waals surface area (Å²) in [6.07, 6.45) is 1.56. The predicted octanol–water partition coefficient (Wildman–Crippen LogP) is 3.12. The second-order valence-electron chi connectivity index (χ2n) is 3.60. The zero-order chi connectivity index (χ0) is 13.1. The van der Waals surface area contributed by atoms with Crippen LogP contribution in [0.3, 0.4) is 0 Å². The van der Waals surface area contributed by atoms with E-state index >= 15 is 0 Å². The molecule has 0 spiro atoms. The first-order valence-corrected chi connectivity index (χ1v) is 6.23. The Labute approximate surface area is 113 Å². The minimum atomic E-state index is -0.302. The fraction of sp³-hybridized carbons (Fsp3) is 0.167. The average molecular weight is 311 g/mol. The van der Waals surface area contributed by atoms with Crippen LogP contribution in [-0.4, -0.2) is 16.5 Å². The van der Waals surface area contributed by atoms with E-state index in [9.17, 15) is 4.39 Å². The molecule has 1 aromatic heterocycles. The lowest BCUT2D eigenvalue weighted by Gasteiger charge is -2.23. The molecule has 0 saturated carbocycles. The molecule has 0 aliphatic heterocycles. The summed E-state index contributed by atoms with van der Waals surface area (Å²) in [5, 5.41) is 0. The summed E-state index contributed by atoms with van der Waals surface area (Å²) in [6.45, 7) is 2.48. The maximum Gasteiger partial charge on any atom is 0.222 e. The molecule has 0 unspecified atom stereocenters. The van der Waals surface area contributed by atoms with E-state index in [4.69, 9.17) is 5.73 Å². The molecule has 0 aliphatic carbocycles. The van der Waals surface area contributed by atoms with Gasteiger partial charge in [0, 0.05) is 12.7 Å². The summed E-state index contributed by atoms with van der Waals surface area (Å²) < 4.78 is 14.5. The number of nitrogens with two attached hydrogens (primary N) is 1. The van der Waals surface area contributed by atoms with Crippen LogP contribution in [0.5, 0.6) is 0 Å². The summed E-state index contributed by atoms with van der Waals surface area (Å²) in [5.74, 6) is 0.404. The molecule has 2 N–H and O–H groups in total. The van der Waals surface area contributed by atoms with Gasteiger partial charge in [-0.1, -0.05) is 12.1 Å².